The number of thioether (sulfide) groups is 1. The molecular weight excluding hydrogens is 286 g/mol. The molecule has 0 fully saturated rings. The Labute approximate surface area is 133 Å². The predicted molar refractivity (Wildman–Crippen MR) is 92.9 cm³/mol. The van der Waals surface area contributed by atoms with E-state index in [1.165, 1.54) is 30.6 Å². The summed E-state index contributed by atoms with van der Waals surface area (Å²) in [4.78, 5) is 1.30. The van der Waals surface area contributed by atoms with Gasteiger partial charge in [-0.3, -0.25) is 0 Å². The Morgan fingerprint density at radius 2 is 2.00 bits per heavy atom. The first-order valence-corrected chi connectivity index (χ1v) is 8.85. The van der Waals surface area contributed by atoms with Crippen molar-refractivity contribution in [3.63, 3.8) is 0 Å². The molecule has 0 bridgehead atoms. The second-order valence-corrected chi connectivity index (χ2v) is 6.48. The summed E-state index contributed by atoms with van der Waals surface area (Å²) < 4.78 is 0. The Bertz CT molecular complexity index is 364. The molecule has 0 saturated carbocycles. The Balaban J connectivity index is 2.27. The third-order valence-corrected chi connectivity index (χ3v) is 4.64. The summed E-state index contributed by atoms with van der Waals surface area (Å²) >= 11 is 7.81. The van der Waals surface area contributed by atoms with E-state index in [1.807, 2.05) is 30.0 Å². The number of rotatable bonds is 11. The molecule has 0 saturated heterocycles. The lowest BCUT2D eigenvalue weighted by Crippen LogP contribution is -2.31. The van der Waals surface area contributed by atoms with Crippen LogP contribution < -0.4 is 5.32 Å². The van der Waals surface area contributed by atoms with E-state index in [9.17, 15) is 0 Å². The van der Waals surface area contributed by atoms with Gasteiger partial charge in [-0.05, 0) is 50.1 Å². The van der Waals surface area contributed by atoms with Gasteiger partial charge in [0.15, 0.2) is 0 Å². The van der Waals surface area contributed by atoms with Crippen LogP contribution in [-0.4, -0.2) is 18.3 Å². The van der Waals surface area contributed by atoms with Crippen LogP contribution >= 0.6 is 23.4 Å². The molecule has 1 atom stereocenters. The van der Waals surface area contributed by atoms with Crippen molar-refractivity contribution >= 4 is 23.4 Å². The zero-order valence-corrected chi connectivity index (χ0v) is 14.0. The molecule has 1 unspecified atom stereocenters. The maximum atomic E-state index is 5.91. The van der Waals surface area contributed by atoms with E-state index in [0.29, 0.717) is 6.04 Å². The Morgan fingerprint density at radius 1 is 1.25 bits per heavy atom. The van der Waals surface area contributed by atoms with Crippen molar-refractivity contribution in [1.29, 1.82) is 0 Å². The van der Waals surface area contributed by atoms with E-state index in [0.717, 1.165) is 23.7 Å². The molecule has 3 heteroatoms. The van der Waals surface area contributed by atoms with Gasteiger partial charge in [0.2, 0.25) is 0 Å². The SMILES string of the molecule is C=CCCCCCC(CSc1ccc(Cl)cc1)NCC. The minimum absolute atomic E-state index is 0.601. The van der Waals surface area contributed by atoms with E-state index < -0.39 is 0 Å². The molecule has 1 rings (SSSR count). The van der Waals surface area contributed by atoms with E-state index in [4.69, 9.17) is 11.6 Å². The molecule has 0 radical (unpaired) electrons. The molecule has 1 nitrogen and oxygen atoms in total. The van der Waals surface area contributed by atoms with E-state index in [1.54, 1.807) is 0 Å². The summed E-state index contributed by atoms with van der Waals surface area (Å²) in [7, 11) is 0. The normalized spacial score (nSPS) is 12.3. The smallest absolute Gasteiger partial charge is 0.0406 e. The van der Waals surface area contributed by atoms with Crippen LogP contribution in [0.4, 0.5) is 0 Å². The van der Waals surface area contributed by atoms with Gasteiger partial charge < -0.3 is 5.32 Å². The summed E-state index contributed by atoms with van der Waals surface area (Å²) in [5.41, 5.74) is 0. The first kappa shape index (κ1) is 17.6. The van der Waals surface area contributed by atoms with Crippen LogP contribution in [-0.2, 0) is 0 Å². The molecule has 0 aromatic heterocycles. The third-order valence-electron chi connectivity index (χ3n) is 3.22. The Kier molecular flexibility index (Phi) is 9.90. The fourth-order valence-electron chi connectivity index (χ4n) is 2.12. The average molecular weight is 312 g/mol. The largest absolute Gasteiger partial charge is 0.313 e. The van der Waals surface area contributed by atoms with Gasteiger partial charge in [-0.25, -0.2) is 0 Å². The molecule has 0 aliphatic rings. The quantitative estimate of drug-likeness (QED) is 0.327. The maximum Gasteiger partial charge on any atom is 0.0406 e. The standard InChI is InChI=1S/C17H26ClNS/c1-3-5-6-7-8-9-16(19-4-2)14-20-17-12-10-15(18)11-13-17/h3,10-13,16,19H,1,4-9,14H2,2H3. The molecule has 1 N–H and O–H groups in total. The summed E-state index contributed by atoms with van der Waals surface area (Å²) in [6.07, 6.45) is 8.29. The van der Waals surface area contributed by atoms with Gasteiger partial charge in [-0.2, -0.15) is 0 Å². The molecule has 0 heterocycles. The summed E-state index contributed by atoms with van der Waals surface area (Å²) in [6.45, 7) is 6.99. The number of allylic oxidation sites excluding steroid dienone is 1. The van der Waals surface area contributed by atoms with Crippen molar-refractivity contribution in [2.24, 2.45) is 0 Å². The first-order valence-electron chi connectivity index (χ1n) is 7.49. The molecule has 20 heavy (non-hydrogen) atoms. The highest BCUT2D eigenvalue weighted by Gasteiger charge is 2.07. The topological polar surface area (TPSA) is 12.0 Å². The average Bonchev–Trinajstić information content (AvgIpc) is 2.46. The Morgan fingerprint density at radius 3 is 2.65 bits per heavy atom. The van der Waals surface area contributed by atoms with Crippen LogP contribution in [0.3, 0.4) is 0 Å². The zero-order valence-electron chi connectivity index (χ0n) is 12.4. The van der Waals surface area contributed by atoms with E-state index in [2.05, 4.69) is 31.0 Å². The molecule has 1 aromatic carbocycles. The minimum Gasteiger partial charge on any atom is -0.313 e. The molecule has 0 aliphatic heterocycles. The highest BCUT2D eigenvalue weighted by molar-refractivity contribution is 7.99. The van der Waals surface area contributed by atoms with Gasteiger partial charge in [-0.1, -0.05) is 37.4 Å². The van der Waals surface area contributed by atoms with Gasteiger partial charge in [0, 0.05) is 21.7 Å². The van der Waals surface area contributed by atoms with E-state index in [-0.39, 0.29) is 0 Å². The number of hydrogen-bond donors (Lipinski definition) is 1. The van der Waals surface area contributed by atoms with E-state index >= 15 is 0 Å². The van der Waals surface area contributed by atoms with Crippen LogP contribution in [0.5, 0.6) is 0 Å². The summed E-state index contributed by atoms with van der Waals surface area (Å²) in [5, 5.41) is 4.39. The number of benzene rings is 1. The lowest BCUT2D eigenvalue weighted by atomic mass is 10.1. The fourth-order valence-corrected chi connectivity index (χ4v) is 3.25. The highest BCUT2D eigenvalue weighted by Crippen LogP contribution is 2.22. The molecule has 0 aliphatic carbocycles. The lowest BCUT2D eigenvalue weighted by molar-refractivity contribution is 0.502. The lowest BCUT2D eigenvalue weighted by Gasteiger charge is -2.17. The van der Waals surface area contributed by atoms with Gasteiger partial charge in [0.05, 0.1) is 0 Å². The van der Waals surface area contributed by atoms with Crippen molar-refractivity contribution in [1.82, 2.24) is 5.32 Å². The fraction of sp³-hybridized carbons (Fsp3) is 0.529. The van der Waals surface area contributed by atoms with Crippen molar-refractivity contribution in [2.75, 3.05) is 12.3 Å². The number of nitrogens with one attached hydrogen (secondary N) is 1. The molecular formula is C17H26ClNS. The number of hydrogen-bond acceptors (Lipinski definition) is 2. The van der Waals surface area contributed by atoms with Crippen molar-refractivity contribution in [2.45, 2.75) is 50.0 Å². The van der Waals surface area contributed by atoms with Crippen LogP contribution in [0.2, 0.25) is 5.02 Å². The van der Waals surface area contributed by atoms with Crippen LogP contribution in [0, 0.1) is 0 Å². The van der Waals surface area contributed by atoms with Gasteiger partial charge in [0.25, 0.3) is 0 Å². The van der Waals surface area contributed by atoms with Crippen molar-refractivity contribution in [3.8, 4) is 0 Å². The van der Waals surface area contributed by atoms with Gasteiger partial charge in [0.1, 0.15) is 0 Å². The first-order chi connectivity index (χ1) is 9.76. The highest BCUT2D eigenvalue weighted by atomic mass is 35.5. The third kappa shape index (κ3) is 7.98. The van der Waals surface area contributed by atoms with Crippen LogP contribution in [0.1, 0.15) is 39.0 Å². The second-order valence-electron chi connectivity index (χ2n) is 4.95. The number of unbranched alkanes of at least 4 members (excludes halogenated alkanes) is 3. The zero-order chi connectivity index (χ0) is 14.6. The second kappa shape index (κ2) is 11.2. The minimum atomic E-state index is 0.601. The van der Waals surface area contributed by atoms with Gasteiger partial charge in [-0.15, -0.1) is 18.3 Å². The van der Waals surface area contributed by atoms with Crippen LogP contribution in [0.25, 0.3) is 0 Å². The van der Waals surface area contributed by atoms with Crippen LogP contribution in [0.15, 0.2) is 41.8 Å². The molecule has 0 spiro atoms. The summed E-state index contributed by atoms with van der Waals surface area (Å²) in [6, 6.07) is 8.72. The number of halogens is 1. The maximum absolute atomic E-state index is 5.91. The Hall–Kier alpha value is -0.440. The monoisotopic (exact) mass is 311 g/mol. The van der Waals surface area contributed by atoms with Crippen molar-refractivity contribution < 1.29 is 0 Å². The predicted octanol–water partition coefficient (Wildman–Crippen LogP) is 5.55. The molecule has 1 aromatic rings. The van der Waals surface area contributed by atoms with Crippen molar-refractivity contribution in [3.05, 3.63) is 41.9 Å². The summed E-state index contributed by atoms with van der Waals surface area (Å²) in [5.74, 6) is 1.12. The molecule has 112 valence electrons. The van der Waals surface area contributed by atoms with Gasteiger partial charge >= 0.3 is 0 Å². The molecule has 0 amide bonds.